The molecule has 0 aromatic heterocycles. The van der Waals surface area contributed by atoms with E-state index in [1.54, 1.807) is 0 Å². The van der Waals surface area contributed by atoms with Crippen LogP contribution < -0.4 is 5.73 Å². The van der Waals surface area contributed by atoms with E-state index in [0.717, 1.165) is 6.42 Å². The smallest absolute Gasteiger partial charge is 0.227 e. The second-order valence-electron chi connectivity index (χ2n) is 3.57. The van der Waals surface area contributed by atoms with Gasteiger partial charge >= 0.3 is 0 Å². The first-order chi connectivity index (χ1) is 6.09. The number of amides is 1. The number of hydrogen-bond acceptors (Lipinski definition) is 3. The van der Waals surface area contributed by atoms with Crippen molar-refractivity contribution in [3.05, 3.63) is 0 Å². The highest BCUT2D eigenvalue weighted by atomic mass is 32.2. The number of nitrogens with two attached hydrogens (primary N) is 1. The molecule has 0 radical (unpaired) electrons. The quantitative estimate of drug-likeness (QED) is 0.740. The predicted molar refractivity (Wildman–Crippen MR) is 53.5 cm³/mol. The van der Waals surface area contributed by atoms with Gasteiger partial charge in [-0.2, -0.15) is 0 Å². The van der Waals surface area contributed by atoms with E-state index in [9.17, 15) is 9.59 Å². The van der Waals surface area contributed by atoms with Crippen LogP contribution >= 0.6 is 11.8 Å². The van der Waals surface area contributed by atoms with Crippen molar-refractivity contribution in [2.45, 2.75) is 31.4 Å². The summed E-state index contributed by atoms with van der Waals surface area (Å²) in [6.07, 6.45) is 2.27. The zero-order chi connectivity index (χ0) is 9.84. The molecule has 0 saturated heterocycles. The summed E-state index contributed by atoms with van der Waals surface area (Å²) in [5, 5.41) is 0.300. The van der Waals surface area contributed by atoms with Gasteiger partial charge in [-0.1, -0.05) is 6.92 Å². The van der Waals surface area contributed by atoms with Crippen molar-refractivity contribution >= 4 is 23.5 Å². The zero-order valence-electron chi connectivity index (χ0n) is 7.79. The van der Waals surface area contributed by atoms with Gasteiger partial charge in [0.2, 0.25) is 5.91 Å². The van der Waals surface area contributed by atoms with Crippen LogP contribution in [-0.4, -0.2) is 22.7 Å². The Hall–Kier alpha value is -0.510. The van der Waals surface area contributed by atoms with Crippen LogP contribution in [0.15, 0.2) is 0 Å². The molecule has 0 aliphatic heterocycles. The number of thioether (sulfide) groups is 1. The Labute approximate surface area is 82.4 Å². The van der Waals surface area contributed by atoms with E-state index >= 15 is 0 Å². The molecular weight excluding hydrogens is 186 g/mol. The summed E-state index contributed by atoms with van der Waals surface area (Å²) >= 11 is 1.52. The Morgan fingerprint density at radius 2 is 2.38 bits per heavy atom. The Bertz CT molecular complexity index is 218. The standard InChI is InChI=1S/C9H15NO2S/c1-6-2-3-7(11)4-8(6)13-5-9(10)12/h6,8H,2-5H2,1H3,(H2,10,12). The molecule has 1 aliphatic rings. The van der Waals surface area contributed by atoms with Crippen LogP contribution in [0.5, 0.6) is 0 Å². The average molecular weight is 201 g/mol. The summed E-state index contributed by atoms with van der Waals surface area (Å²) in [5.41, 5.74) is 5.05. The number of Topliss-reactive ketones (excluding diaryl/α,β-unsaturated/α-hetero) is 1. The van der Waals surface area contributed by atoms with Gasteiger partial charge < -0.3 is 5.73 Å². The monoisotopic (exact) mass is 201 g/mol. The fraction of sp³-hybridized carbons (Fsp3) is 0.778. The van der Waals surface area contributed by atoms with Gasteiger partial charge in [-0.15, -0.1) is 11.8 Å². The molecule has 1 saturated carbocycles. The van der Waals surface area contributed by atoms with E-state index in [1.165, 1.54) is 11.8 Å². The molecule has 1 fully saturated rings. The third-order valence-electron chi connectivity index (χ3n) is 2.38. The topological polar surface area (TPSA) is 60.2 Å². The molecule has 2 atom stereocenters. The lowest BCUT2D eigenvalue weighted by atomic mass is 9.89. The SMILES string of the molecule is CC1CCC(=O)CC1SCC(N)=O. The summed E-state index contributed by atoms with van der Waals surface area (Å²) in [7, 11) is 0. The minimum Gasteiger partial charge on any atom is -0.369 e. The molecule has 3 nitrogen and oxygen atoms in total. The van der Waals surface area contributed by atoms with Crippen molar-refractivity contribution in [2.75, 3.05) is 5.75 Å². The Balaban J connectivity index is 2.37. The summed E-state index contributed by atoms with van der Waals surface area (Å²) in [6.45, 7) is 2.13. The summed E-state index contributed by atoms with van der Waals surface area (Å²) in [5.74, 6) is 0.889. The van der Waals surface area contributed by atoms with E-state index in [2.05, 4.69) is 6.92 Å². The van der Waals surface area contributed by atoms with Crippen molar-refractivity contribution in [1.82, 2.24) is 0 Å². The fourth-order valence-corrected chi connectivity index (χ4v) is 2.66. The molecule has 0 aromatic rings. The molecule has 0 heterocycles. The normalized spacial score (nSPS) is 28.8. The van der Waals surface area contributed by atoms with Crippen molar-refractivity contribution in [3.8, 4) is 0 Å². The number of primary amides is 1. The number of ketones is 1. The summed E-state index contributed by atoms with van der Waals surface area (Å²) < 4.78 is 0. The molecular formula is C9H15NO2S. The van der Waals surface area contributed by atoms with Crippen LogP contribution in [0.25, 0.3) is 0 Å². The summed E-state index contributed by atoms with van der Waals surface area (Å²) in [4.78, 5) is 21.7. The minimum atomic E-state index is -0.296. The predicted octanol–water partition coefficient (Wildman–Crippen LogP) is 0.963. The first kappa shape index (κ1) is 10.6. The van der Waals surface area contributed by atoms with Gasteiger partial charge in [-0.05, 0) is 12.3 Å². The Morgan fingerprint density at radius 1 is 1.69 bits per heavy atom. The van der Waals surface area contributed by atoms with Gasteiger partial charge in [-0.25, -0.2) is 0 Å². The molecule has 0 bridgehead atoms. The molecule has 13 heavy (non-hydrogen) atoms. The van der Waals surface area contributed by atoms with E-state index in [-0.39, 0.29) is 5.91 Å². The average Bonchev–Trinajstić information content (AvgIpc) is 2.06. The summed E-state index contributed by atoms with van der Waals surface area (Å²) in [6, 6.07) is 0. The molecule has 2 N–H and O–H groups in total. The molecule has 2 unspecified atom stereocenters. The molecule has 74 valence electrons. The highest BCUT2D eigenvalue weighted by Gasteiger charge is 2.26. The van der Waals surface area contributed by atoms with Crippen molar-refractivity contribution in [2.24, 2.45) is 11.7 Å². The highest BCUT2D eigenvalue weighted by molar-refractivity contribution is 8.00. The van der Waals surface area contributed by atoms with Crippen LogP contribution in [0.4, 0.5) is 0 Å². The van der Waals surface area contributed by atoms with Crippen molar-refractivity contribution < 1.29 is 9.59 Å². The van der Waals surface area contributed by atoms with E-state index < -0.39 is 0 Å². The van der Waals surface area contributed by atoms with Crippen LogP contribution in [-0.2, 0) is 9.59 Å². The number of carbonyl (C=O) groups is 2. The third kappa shape index (κ3) is 3.38. The zero-order valence-corrected chi connectivity index (χ0v) is 8.60. The molecule has 1 rings (SSSR count). The second kappa shape index (κ2) is 4.65. The first-order valence-corrected chi connectivity index (χ1v) is 5.56. The number of hydrogen-bond donors (Lipinski definition) is 1. The first-order valence-electron chi connectivity index (χ1n) is 4.51. The fourth-order valence-electron chi connectivity index (χ4n) is 1.51. The highest BCUT2D eigenvalue weighted by Crippen LogP contribution is 2.31. The molecule has 1 amide bonds. The van der Waals surface area contributed by atoms with Gasteiger partial charge in [-0.3, -0.25) is 9.59 Å². The maximum absolute atomic E-state index is 11.1. The molecule has 0 aromatic carbocycles. The van der Waals surface area contributed by atoms with E-state index in [4.69, 9.17) is 5.73 Å². The van der Waals surface area contributed by atoms with Gasteiger partial charge in [0.1, 0.15) is 5.78 Å². The molecule has 0 spiro atoms. The third-order valence-corrected chi connectivity index (χ3v) is 3.89. The number of rotatable bonds is 3. The van der Waals surface area contributed by atoms with E-state index in [1.807, 2.05) is 0 Å². The van der Waals surface area contributed by atoms with Crippen LogP contribution in [0.2, 0.25) is 0 Å². The second-order valence-corrected chi connectivity index (χ2v) is 4.80. The van der Waals surface area contributed by atoms with Crippen LogP contribution in [0, 0.1) is 5.92 Å². The van der Waals surface area contributed by atoms with Crippen LogP contribution in [0.3, 0.4) is 0 Å². The van der Waals surface area contributed by atoms with E-state index in [0.29, 0.717) is 35.5 Å². The largest absolute Gasteiger partial charge is 0.369 e. The maximum atomic E-state index is 11.1. The van der Waals surface area contributed by atoms with Gasteiger partial charge in [0.15, 0.2) is 0 Å². The van der Waals surface area contributed by atoms with Crippen molar-refractivity contribution in [1.29, 1.82) is 0 Å². The Morgan fingerprint density at radius 3 is 3.00 bits per heavy atom. The Kier molecular flexibility index (Phi) is 3.78. The lowest BCUT2D eigenvalue weighted by Gasteiger charge is -2.26. The van der Waals surface area contributed by atoms with Gasteiger partial charge in [0.25, 0.3) is 0 Å². The van der Waals surface area contributed by atoms with Crippen molar-refractivity contribution in [3.63, 3.8) is 0 Å². The lowest BCUT2D eigenvalue weighted by molar-refractivity contribution is -0.120. The lowest BCUT2D eigenvalue weighted by Crippen LogP contribution is -2.27. The van der Waals surface area contributed by atoms with Crippen LogP contribution in [0.1, 0.15) is 26.2 Å². The van der Waals surface area contributed by atoms with Gasteiger partial charge in [0, 0.05) is 18.1 Å². The number of carbonyl (C=O) groups excluding carboxylic acids is 2. The minimum absolute atomic E-state index is 0.296. The van der Waals surface area contributed by atoms with Gasteiger partial charge in [0.05, 0.1) is 5.75 Å². The molecule has 4 heteroatoms. The maximum Gasteiger partial charge on any atom is 0.227 e. The molecule has 1 aliphatic carbocycles.